The molecular formula is C31H38BrN3O5S. The third kappa shape index (κ3) is 8.81. The van der Waals surface area contributed by atoms with Gasteiger partial charge < -0.3 is 15.0 Å². The number of benzene rings is 3. The van der Waals surface area contributed by atoms with Gasteiger partial charge in [0.2, 0.25) is 11.8 Å². The SMILES string of the molecule is CCOc1ccc(N(CC(=O)N(Cc2ccccc2)C(CC)C(=O)NC(C)(C)C)S(=O)(=O)c2ccc(Br)cc2)cc1. The van der Waals surface area contributed by atoms with Crippen LogP contribution in [0.25, 0.3) is 0 Å². The Bertz CT molecular complexity index is 1410. The van der Waals surface area contributed by atoms with Gasteiger partial charge in [-0.3, -0.25) is 13.9 Å². The van der Waals surface area contributed by atoms with Crippen LogP contribution in [0.4, 0.5) is 5.69 Å². The van der Waals surface area contributed by atoms with Crippen LogP contribution in [0.2, 0.25) is 0 Å². The molecule has 0 heterocycles. The maximum atomic E-state index is 14.1. The number of carbonyl (C=O) groups is 2. The summed E-state index contributed by atoms with van der Waals surface area (Å²) in [6.07, 6.45) is 0.350. The van der Waals surface area contributed by atoms with Gasteiger partial charge in [-0.1, -0.05) is 53.2 Å². The van der Waals surface area contributed by atoms with Gasteiger partial charge in [-0.05, 0) is 88.2 Å². The van der Waals surface area contributed by atoms with E-state index in [2.05, 4.69) is 21.2 Å². The molecule has 0 aliphatic rings. The van der Waals surface area contributed by atoms with Crippen molar-refractivity contribution in [3.05, 3.63) is 88.9 Å². The summed E-state index contributed by atoms with van der Waals surface area (Å²) in [5.74, 6) is -0.217. The van der Waals surface area contributed by atoms with Gasteiger partial charge in [0.15, 0.2) is 0 Å². The molecule has 0 fully saturated rings. The zero-order valence-corrected chi connectivity index (χ0v) is 26.5. The van der Waals surface area contributed by atoms with Gasteiger partial charge in [-0.15, -0.1) is 0 Å². The monoisotopic (exact) mass is 643 g/mol. The fraction of sp³-hybridized carbons (Fsp3) is 0.355. The number of anilines is 1. The van der Waals surface area contributed by atoms with Gasteiger partial charge in [0.05, 0.1) is 17.2 Å². The molecule has 220 valence electrons. The van der Waals surface area contributed by atoms with E-state index in [1.54, 1.807) is 36.4 Å². The quantitative estimate of drug-likeness (QED) is 0.270. The first-order chi connectivity index (χ1) is 19.4. The van der Waals surface area contributed by atoms with Gasteiger partial charge in [0, 0.05) is 16.6 Å². The lowest BCUT2D eigenvalue weighted by atomic mass is 10.1. The predicted molar refractivity (Wildman–Crippen MR) is 165 cm³/mol. The summed E-state index contributed by atoms with van der Waals surface area (Å²) in [4.78, 5) is 29.0. The first-order valence-electron chi connectivity index (χ1n) is 13.5. The fourth-order valence-electron chi connectivity index (χ4n) is 4.29. The number of ether oxygens (including phenoxy) is 1. The Hall–Kier alpha value is -3.37. The van der Waals surface area contributed by atoms with Gasteiger partial charge in [-0.2, -0.15) is 0 Å². The number of nitrogens with zero attached hydrogens (tertiary/aromatic N) is 2. The number of carbonyl (C=O) groups excluding carboxylic acids is 2. The Balaban J connectivity index is 2.06. The second-order valence-electron chi connectivity index (χ2n) is 10.6. The van der Waals surface area contributed by atoms with E-state index in [1.807, 2.05) is 65.0 Å². The molecule has 41 heavy (non-hydrogen) atoms. The first-order valence-corrected chi connectivity index (χ1v) is 15.8. The Morgan fingerprint density at radius 2 is 1.54 bits per heavy atom. The lowest BCUT2D eigenvalue weighted by molar-refractivity contribution is -0.141. The maximum Gasteiger partial charge on any atom is 0.264 e. The van der Waals surface area contributed by atoms with Crippen molar-refractivity contribution in [2.75, 3.05) is 17.5 Å². The molecule has 1 unspecified atom stereocenters. The largest absolute Gasteiger partial charge is 0.494 e. The summed E-state index contributed by atoms with van der Waals surface area (Å²) in [5.41, 5.74) is 0.619. The van der Waals surface area contributed by atoms with Crippen LogP contribution in [-0.4, -0.2) is 49.9 Å². The second kappa shape index (κ2) is 14.0. The van der Waals surface area contributed by atoms with Crippen LogP contribution in [0.3, 0.4) is 0 Å². The lowest BCUT2D eigenvalue weighted by Gasteiger charge is -2.34. The summed E-state index contributed by atoms with van der Waals surface area (Å²) in [7, 11) is -4.16. The minimum atomic E-state index is -4.16. The highest BCUT2D eigenvalue weighted by atomic mass is 79.9. The molecule has 0 spiro atoms. The molecule has 0 aromatic heterocycles. The normalized spacial score (nSPS) is 12.3. The Labute approximate surface area is 251 Å². The molecule has 0 saturated carbocycles. The summed E-state index contributed by atoms with van der Waals surface area (Å²) in [5, 5.41) is 2.97. The molecule has 0 saturated heterocycles. The lowest BCUT2D eigenvalue weighted by Crippen LogP contribution is -2.55. The Kier molecular flexibility index (Phi) is 11.0. The minimum absolute atomic E-state index is 0.0366. The molecule has 8 nitrogen and oxygen atoms in total. The molecule has 10 heteroatoms. The summed E-state index contributed by atoms with van der Waals surface area (Å²) in [6, 6.07) is 21.3. The summed E-state index contributed by atoms with van der Waals surface area (Å²) < 4.78 is 35.3. The fourth-order valence-corrected chi connectivity index (χ4v) is 5.97. The van der Waals surface area contributed by atoms with Crippen molar-refractivity contribution in [2.45, 2.75) is 64.1 Å². The predicted octanol–water partition coefficient (Wildman–Crippen LogP) is 5.77. The van der Waals surface area contributed by atoms with Crippen LogP contribution in [-0.2, 0) is 26.2 Å². The smallest absolute Gasteiger partial charge is 0.264 e. The van der Waals surface area contributed by atoms with Crippen molar-refractivity contribution in [2.24, 2.45) is 0 Å². The van der Waals surface area contributed by atoms with Crippen LogP contribution < -0.4 is 14.4 Å². The van der Waals surface area contributed by atoms with E-state index in [0.29, 0.717) is 24.5 Å². The molecule has 2 amide bonds. The van der Waals surface area contributed by atoms with E-state index < -0.39 is 34.1 Å². The van der Waals surface area contributed by atoms with Crippen molar-refractivity contribution in [3.63, 3.8) is 0 Å². The van der Waals surface area contributed by atoms with Gasteiger partial charge in [0.25, 0.3) is 10.0 Å². The third-order valence-electron chi connectivity index (χ3n) is 6.20. The maximum absolute atomic E-state index is 14.1. The zero-order chi connectivity index (χ0) is 30.2. The molecular weight excluding hydrogens is 606 g/mol. The van der Waals surface area contributed by atoms with Gasteiger partial charge in [-0.25, -0.2) is 8.42 Å². The number of halogens is 1. The number of hydrogen-bond donors (Lipinski definition) is 1. The molecule has 0 bridgehead atoms. The number of hydrogen-bond acceptors (Lipinski definition) is 5. The van der Waals surface area contributed by atoms with Crippen molar-refractivity contribution >= 4 is 43.5 Å². The molecule has 1 atom stereocenters. The van der Waals surface area contributed by atoms with Crippen LogP contribution >= 0.6 is 15.9 Å². The van der Waals surface area contributed by atoms with Crippen LogP contribution in [0.15, 0.2) is 88.2 Å². The molecule has 0 radical (unpaired) electrons. The third-order valence-corrected chi connectivity index (χ3v) is 8.51. The van der Waals surface area contributed by atoms with Gasteiger partial charge >= 0.3 is 0 Å². The van der Waals surface area contributed by atoms with E-state index >= 15 is 0 Å². The highest BCUT2D eigenvalue weighted by Crippen LogP contribution is 2.27. The minimum Gasteiger partial charge on any atom is -0.494 e. The topological polar surface area (TPSA) is 96.0 Å². The Morgan fingerprint density at radius 1 is 0.927 bits per heavy atom. The van der Waals surface area contributed by atoms with Crippen LogP contribution in [0.1, 0.15) is 46.6 Å². The van der Waals surface area contributed by atoms with Gasteiger partial charge in [0.1, 0.15) is 18.3 Å². The van der Waals surface area contributed by atoms with Crippen molar-refractivity contribution < 1.29 is 22.7 Å². The van der Waals surface area contributed by atoms with E-state index in [-0.39, 0.29) is 17.3 Å². The van der Waals surface area contributed by atoms with E-state index in [1.165, 1.54) is 17.0 Å². The van der Waals surface area contributed by atoms with Crippen molar-refractivity contribution in [1.82, 2.24) is 10.2 Å². The number of nitrogens with one attached hydrogen (secondary N) is 1. The average Bonchev–Trinajstić information content (AvgIpc) is 2.92. The number of amides is 2. The highest BCUT2D eigenvalue weighted by molar-refractivity contribution is 9.10. The molecule has 3 aromatic carbocycles. The molecule has 0 aliphatic heterocycles. The second-order valence-corrected chi connectivity index (χ2v) is 13.3. The zero-order valence-electron chi connectivity index (χ0n) is 24.1. The number of rotatable bonds is 12. The standard InChI is InChI=1S/C31H38BrN3O5S/c1-6-28(30(37)33-31(3,4)5)34(21-23-11-9-8-10-12-23)29(36)22-35(25-15-17-26(18-16-25)40-7-2)41(38,39)27-19-13-24(32)14-20-27/h8-20,28H,6-7,21-22H2,1-5H3,(H,33,37). The number of sulfonamides is 1. The Morgan fingerprint density at radius 3 is 2.07 bits per heavy atom. The molecule has 3 rings (SSSR count). The van der Waals surface area contributed by atoms with E-state index in [0.717, 1.165) is 14.3 Å². The highest BCUT2D eigenvalue weighted by Gasteiger charge is 2.34. The summed E-state index contributed by atoms with van der Waals surface area (Å²) >= 11 is 3.34. The van der Waals surface area contributed by atoms with E-state index in [9.17, 15) is 18.0 Å². The van der Waals surface area contributed by atoms with Crippen molar-refractivity contribution in [3.8, 4) is 5.75 Å². The van der Waals surface area contributed by atoms with Crippen molar-refractivity contribution in [1.29, 1.82) is 0 Å². The van der Waals surface area contributed by atoms with Crippen LogP contribution in [0.5, 0.6) is 5.75 Å². The molecule has 1 N–H and O–H groups in total. The van der Waals surface area contributed by atoms with Crippen LogP contribution in [0, 0.1) is 0 Å². The molecule has 3 aromatic rings. The average molecular weight is 645 g/mol. The molecule has 0 aliphatic carbocycles. The van der Waals surface area contributed by atoms with E-state index in [4.69, 9.17) is 4.74 Å². The first kappa shape index (κ1) is 32.1. The summed E-state index contributed by atoms with van der Waals surface area (Å²) in [6.45, 7) is 9.42.